The van der Waals surface area contributed by atoms with Crippen LogP contribution >= 0.6 is 23.4 Å². The maximum atomic E-state index is 13.4. The average molecular weight is 289 g/mol. The molecule has 6 heteroatoms. The third-order valence-corrected chi connectivity index (χ3v) is 4.06. The number of halogens is 3. The van der Waals surface area contributed by atoms with Crippen LogP contribution in [0.3, 0.4) is 0 Å². The predicted molar refractivity (Wildman–Crippen MR) is 68.9 cm³/mol. The molecule has 0 unspecified atom stereocenters. The van der Waals surface area contributed by atoms with E-state index in [2.05, 4.69) is 5.10 Å². The summed E-state index contributed by atoms with van der Waals surface area (Å²) in [6.45, 7) is 1.84. The summed E-state index contributed by atoms with van der Waals surface area (Å²) in [5.74, 6) is -0.425. The van der Waals surface area contributed by atoms with E-state index >= 15 is 0 Å². The normalized spacial score (nSPS) is 10.9. The van der Waals surface area contributed by atoms with Crippen molar-refractivity contribution >= 4 is 23.4 Å². The SMILES string of the molecule is Cc1nn(C)c(Cl)c1CSc1cc(F)ccc1F. The molecule has 0 fully saturated rings. The van der Waals surface area contributed by atoms with Gasteiger partial charge in [-0.15, -0.1) is 11.8 Å². The molecule has 0 aliphatic heterocycles. The highest BCUT2D eigenvalue weighted by atomic mass is 35.5. The number of benzene rings is 1. The summed E-state index contributed by atoms with van der Waals surface area (Å²) < 4.78 is 28.0. The fraction of sp³-hybridized carbons (Fsp3) is 0.250. The van der Waals surface area contributed by atoms with Crippen molar-refractivity contribution in [1.29, 1.82) is 0 Å². The van der Waals surface area contributed by atoms with E-state index in [4.69, 9.17) is 11.6 Å². The Bertz CT molecular complexity index is 584. The fourth-order valence-corrected chi connectivity index (χ4v) is 2.94. The lowest BCUT2D eigenvalue weighted by atomic mass is 10.3. The highest BCUT2D eigenvalue weighted by Gasteiger charge is 2.13. The lowest BCUT2D eigenvalue weighted by Gasteiger charge is -2.03. The molecule has 0 spiro atoms. The summed E-state index contributed by atoms with van der Waals surface area (Å²) in [5.41, 5.74) is 1.64. The Balaban J connectivity index is 2.19. The monoisotopic (exact) mass is 288 g/mol. The molecule has 18 heavy (non-hydrogen) atoms. The van der Waals surface area contributed by atoms with Gasteiger partial charge in [-0.25, -0.2) is 8.78 Å². The Hall–Kier alpha value is -1.07. The van der Waals surface area contributed by atoms with Gasteiger partial charge in [0.15, 0.2) is 0 Å². The fourth-order valence-electron chi connectivity index (χ4n) is 1.58. The van der Waals surface area contributed by atoms with Crippen molar-refractivity contribution in [3.63, 3.8) is 0 Å². The third kappa shape index (κ3) is 2.67. The molecule has 0 atom stereocenters. The van der Waals surface area contributed by atoms with E-state index in [-0.39, 0.29) is 4.90 Å². The summed E-state index contributed by atoms with van der Waals surface area (Å²) in [6, 6.07) is 3.40. The van der Waals surface area contributed by atoms with Crippen LogP contribution in [0, 0.1) is 18.6 Å². The van der Waals surface area contributed by atoms with Crippen LogP contribution in [0.15, 0.2) is 23.1 Å². The zero-order valence-electron chi connectivity index (χ0n) is 9.88. The third-order valence-electron chi connectivity index (χ3n) is 2.54. The van der Waals surface area contributed by atoms with Crippen LogP contribution in [-0.4, -0.2) is 9.78 Å². The Labute approximate surface area is 113 Å². The maximum Gasteiger partial charge on any atom is 0.136 e. The number of thioether (sulfide) groups is 1. The summed E-state index contributed by atoms with van der Waals surface area (Å²) in [5, 5.41) is 4.69. The highest BCUT2D eigenvalue weighted by Crippen LogP contribution is 2.30. The molecule has 0 saturated carbocycles. The Morgan fingerprint density at radius 2 is 2.11 bits per heavy atom. The maximum absolute atomic E-state index is 13.4. The largest absolute Gasteiger partial charge is 0.257 e. The van der Waals surface area contributed by atoms with E-state index in [0.717, 1.165) is 23.4 Å². The van der Waals surface area contributed by atoms with Crippen molar-refractivity contribution in [2.45, 2.75) is 17.6 Å². The van der Waals surface area contributed by atoms with Gasteiger partial charge in [0.2, 0.25) is 0 Å². The van der Waals surface area contributed by atoms with Crippen LogP contribution in [0.2, 0.25) is 5.15 Å². The van der Waals surface area contributed by atoms with Gasteiger partial charge < -0.3 is 0 Å². The molecule has 0 saturated heterocycles. The molecule has 1 aromatic heterocycles. The lowest BCUT2D eigenvalue weighted by molar-refractivity contribution is 0.577. The van der Waals surface area contributed by atoms with E-state index in [0.29, 0.717) is 10.9 Å². The van der Waals surface area contributed by atoms with Gasteiger partial charge >= 0.3 is 0 Å². The molecule has 0 radical (unpaired) electrons. The Morgan fingerprint density at radius 3 is 2.72 bits per heavy atom. The van der Waals surface area contributed by atoms with Crippen molar-refractivity contribution in [2.75, 3.05) is 0 Å². The van der Waals surface area contributed by atoms with Crippen molar-refractivity contribution in [1.82, 2.24) is 9.78 Å². The standard InChI is InChI=1S/C12H11ClF2N2S/c1-7-9(12(13)17(2)16-7)6-18-11-5-8(14)3-4-10(11)15/h3-5H,6H2,1-2H3. The first-order valence-corrected chi connectivity index (χ1v) is 6.61. The minimum atomic E-state index is -0.451. The quantitative estimate of drug-likeness (QED) is 0.796. The number of rotatable bonds is 3. The molecule has 1 aromatic carbocycles. The summed E-state index contributed by atoms with van der Waals surface area (Å²) in [6.07, 6.45) is 0. The molecule has 96 valence electrons. The summed E-state index contributed by atoms with van der Waals surface area (Å²) in [7, 11) is 1.74. The van der Waals surface area contributed by atoms with Crippen LogP contribution in [0.4, 0.5) is 8.78 Å². The zero-order chi connectivity index (χ0) is 13.3. The van der Waals surface area contributed by atoms with Gasteiger partial charge in [-0.3, -0.25) is 4.68 Å². The summed E-state index contributed by atoms with van der Waals surface area (Å²) in [4.78, 5) is 0.273. The number of hydrogen-bond donors (Lipinski definition) is 0. The topological polar surface area (TPSA) is 17.8 Å². The first-order valence-electron chi connectivity index (χ1n) is 5.25. The van der Waals surface area contributed by atoms with Crippen LogP contribution in [0.1, 0.15) is 11.3 Å². The predicted octanol–water partition coefficient (Wildman–Crippen LogP) is 3.95. The van der Waals surface area contributed by atoms with Gasteiger partial charge in [0.1, 0.15) is 16.8 Å². The molecule has 0 amide bonds. The average Bonchev–Trinajstić information content (AvgIpc) is 2.55. The van der Waals surface area contributed by atoms with Crippen LogP contribution in [-0.2, 0) is 12.8 Å². The molecule has 0 bridgehead atoms. The molecule has 2 rings (SSSR count). The highest BCUT2D eigenvalue weighted by molar-refractivity contribution is 7.98. The lowest BCUT2D eigenvalue weighted by Crippen LogP contribution is -1.89. The van der Waals surface area contributed by atoms with Crippen molar-refractivity contribution in [3.05, 3.63) is 46.2 Å². The van der Waals surface area contributed by atoms with Gasteiger partial charge in [0.05, 0.1) is 5.69 Å². The van der Waals surface area contributed by atoms with E-state index < -0.39 is 11.6 Å². The van der Waals surface area contributed by atoms with Crippen LogP contribution < -0.4 is 0 Å². The van der Waals surface area contributed by atoms with Gasteiger partial charge in [-0.05, 0) is 25.1 Å². The number of aryl methyl sites for hydroxylation is 2. The minimum absolute atomic E-state index is 0.273. The second-order valence-corrected chi connectivity index (χ2v) is 5.22. The summed E-state index contributed by atoms with van der Waals surface area (Å²) >= 11 is 7.27. The smallest absolute Gasteiger partial charge is 0.136 e. The van der Waals surface area contributed by atoms with E-state index in [1.807, 2.05) is 6.92 Å². The molecule has 0 aliphatic rings. The van der Waals surface area contributed by atoms with E-state index in [1.165, 1.54) is 17.8 Å². The second-order valence-electron chi connectivity index (χ2n) is 3.84. The van der Waals surface area contributed by atoms with Gasteiger partial charge in [0.25, 0.3) is 0 Å². The number of aromatic nitrogens is 2. The molecular weight excluding hydrogens is 278 g/mol. The first-order chi connectivity index (χ1) is 8.49. The first kappa shape index (κ1) is 13.4. The number of hydrogen-bond acceptors (Lipinski definition) is 2. The van der Waals surface area contributed by atoms with E-state index in [9.17, 15) is 8.78 Å². The molecule has 0 N–H and O–H groups in total. The van der Waals surface area contributed by atoms with Crippen molar-refractivity contribution < 1.29 is 8.78 Å². The number of nitrogens with zero attached hydrogens (tertiary/aromatic N) is 2. The Morgan fingerprint density at radius 1 is 1.39 bits per heavy atom. The molecule has 2 nitrogen and oxygen atoms in total. The second kappa shape index (κ2) is 5.28. The van der Waals surface area contributed by atoms with Gasteiger partial charge in [-0.2, -0.15) is 5.10 Å². The van der Waals surface area contributed by atoms with Crippen LogP contribution in [0.5, 0.6) is 0 Å². The molecule has 2 aromatic rings. The molecule has 1 heterocycles. The van der Waals surface area contributed by atoms with Gasteiger partial charge in [0, 0.05) is 23.3 Å². The van der Waals surface area contributed by atoms with Crippen LogP contribution in [0.25, 0.3) is 0 Å². The van der Waals surface area contributed by atoms with Crippen molar-refractivity contribution in [3.8, 4) is 0 Å². The van der Waals surface area contributed by atoms with Gasteiger partial charge in [-0.1, -0.05) is 11.6 Å². The molecular formula is C12H11ClF2N2S. The Kier molecular flexibility index (Phi) is 3.92. The molecule has 0 aliphatic carbocycles. The minimum Gasteiger partial charge on any atom is -0.257 e. The van der Waals surface area contributed by atoms with E-state index in [1.54, 1.807) is 11.7 Å². The van der Waals surface area contributed by atoms with Crippen molar-refractivity contribution in [2.24, 2.45) is 7.05 Å². The zero-order valence-corrected chi connectivity index (χ0v) is 11.4.